The zero-order valence-electron chi connectivity index (χ0n) is 11.3. The summed E-state index contributed by atoms with van der Waals surface area (Å²) in [6.45, 7) is -0.341. The van der Waals surface area contributed by atoms with Gasteiger partial charge in [-0.1, -0.05) is 6.07 Å². The molecule has 1 aromatic carbocycles. The molecule has 0 saturated heterocycles. The molecule has 0 heterocycles. The van der Waals surface area contributed by atoms with Crippen molar-refractivity contribution in [1.29, 1.82) is 0 Å². The van der Waals surface area contributed by atoms with E-state index in [4.69, 9.17) is 4.84 Å². The van der Waals surface area contributed by atoms with Crippen LogP contribution in [-0.2, 0) is 25.7 Å². The Morgan fingerprint density at radius 2 is 2.00 bits per heavy atom. The molecule has 21 heavy (non-hydrogen) atoms. The lowest BCUT2D eigenvalue weighted by molar-refractivity contribution is -0.174. The van der Waals surface area contributed by atoms with E-state index in [1.807, 2.05) is 0 Å². The molecule has 0 radical (unpaired) electrons. The minimum absolute atomic E-state index is 0.00226. The topological polar surface area (TPSA) is 76.1 Å². The highest BCUT2D eigenvalue weighted by atomic mass is 19.1. The van der Waals surface area contributed by atoms with E-state index < -0.39 is 29.3 Å². The molecule has 0 saturated carbocycles. The van der Waals surface area contributed by atoms with Crippen LogP contribution in [0.4, 0.5) is 8.78 Å². The lowest BCUT2D eigenvalue weighted by Gasteiger charge is -2.18. The number of aliphatic hydroxyl groups is 1. The van der Waals surface area contributed by atoms with Crippen LogP contribution in [0.2, 0.25) is 0 Å². The predicted molar refractivity (Wildman–Crippen MR) is 66.6 cm³/mol. The summed E-state index contributed by atoms with van der Waals surface area (Å²) < 4.78 is 30.5. The van der Waals surface area contributed by atoms with Crippen molar-refractivity contribution in [2.45, 2.75) is 6.54 Å². The summed E-state index contributed by atoms with van der Waals surface area (Å²) in [7, 11) is 2.17. The van der Waals surface area contributed by atoms with Gasteiger partial charge in [0, 0.05) is 11.6 Å². The molecule has 0 bridgehead atoms. The molecule has 0 aliphatic carbocycles. The summed E-state index contributed by atoms with van der Waals surface area (Å²) in [6, 6.07) is 2.84. The quantitative estimate of drug-likeness (QED) is 0.386. The number of halogens is 2. The molecule has 0 fully saturated rings. The number of methoxy groups -OCH3 is 1. The zero-order chi connectivity index (χ0) is 16.0. The SMILES string of the molecule is COC(=O)C(O)=CC(=O)N(Cc1ccc(F)cc1F)OC. The van der Waals surface area contributed by atoms with Gasteiger partial charge in [-0.05, 0) is 6.07 Å². The predicted octanol–water partition coefficient (Wildman–Crippen LogP) is 1.47. The van der Waals surface area contributed by atoms with E-state index in [1.165, 1.54) is 0 Å². The smallest absolute Gasteiger partial charge is 0.373 e. The van der Waals surface area contributed by atoms with Crippen LogP contribution in [0.25, 0.3) is 0 Å². The lowest BCUT2D eigenvalue weighted by Crippen LogP contribution is -2.29. The highest BCUT2D eigenvalue weighted by Gasteiger charge is 2.17. The molecule has 0 unspecified atom stereocenters. The largest absolute Gasteiger partial charge is 0.502 e. The van der Waals surface area contributed by atoms with Gasteiger partial charge >= 0.3 is 5.97 Å². The average Bonchev–Trinajstić information content (AvgIpc) is 2.45. The van der Waals surface area contributed by atoms with Crippen LogP contribution >= 0.6 is 0 Å². The molecular formula is C13H13F2NO5. The number of carbonyl (C=O) groups excluding carboxylic acids is 2. The van der Waals surface area contributed by atoms with E-state index in [1.54, 1.807) is 0 Å². The number of hydrogen-bond donors (Lipinski definition) is 1. The van der Waals surface area contributed by atoms with Crippen LogP contribution in [0.3, 0.4) is 0 Å². The van der Waals surface area contributed by atoms with Crippen molar-refractivity contribution in [3.8, 4) is 0 Å². The number of rotatable bonds is 5. The highest BCUT2D eigenvalue weighted by Crippen LogP contribution is 2.13. The number of hydroxylamine groups is 2. The Labute approximate surface area is 119 Å². The highest BCUT2D eigenvalue weighted by molar-refractivity contribution is 5.96. The van der Waals surface area contributed by atoms with Crippen molar-refractivity contribution in [2.24, 2.45) is 0 Å². The summed E-state index contributed by atoms with van der Waals surface area (Å²) in [6.07, 6.45) is 0.566. The maximum Gasteiger partial charge on any atom is 0.373 e. The number of hydrogen-bond acceptors (Lipinski definition) is 5. The number of ether oxygens (including phenoxy) is 1. The average molecular weight is 301 g/mol. The molecule has 0 atom stereocenters. The van der Waals surface area contributed by atoms with Gasteiger partial charge in [-0.25, -0.2) is 18.6 Å². The van der Waals surface area contributed by atoms with Crippen LogP contribution in [0.1, 0.15) is 5.56 Å². The van der Waals surface area contributed by atoms with Gasteiger partial charge in [-0.2, -0.15) is 0 Å². The summed E-state index contributed by atoms with van der Waals surface area (Å²) in [5, 5.41) is 9.93. The van der Waals surface area contributed by atoms with E-state index in [-0.39, 0.29) is 12.1 Å². The first-order chi connectivity index (χ1) is 9.88. The van der Waals surface area contributed by atoms with Crippen molar-refractivity contribution >= 4 is 11.9 Å². The standard InChI is InChI=1S/C13H13F2NO5/c1-20-13(19)11(17)6-12(18)16(21-2)7-8-3-4-9(14)5-10(8)15/h3-6,17H,7H2,1-2H3. The van der Waals surface area contributed by atoms with Crippen LogP contribution < -0.4 is 0 Å². The number of nitrogens with zero attached hydrogens (tertiary/aromatic N) is 1. The van der Waals surface area contributed by atoms with Gasteiger partial charge in [-0.3, -0.25) is 9.63 Å². The maximum absolute atomic E-state index is 13.5. The fourth-order valence-corrected chi connectivity index (χ4v) is 1.39. The number of carbonyl (C=O) groups is 2. The minimum atomic E-state index is -1.10. The summed E-state index contributed by atoms with van der Waals surface area (Å²) >= 11 is 0. The molecule has 1 N–H and O–H groups in total. The second-order valence-corrected chi connectivity index (χ2v) is 3.81. The molecule has 8 heteroatoms. The summed E-state index contributed by atoms with van der Waals surface area (Å²) in [5.41, 5.74) is -0.00226. The van der Waals surface area contributed by atoms with Crippen molar-refractivity contribution in [3.63, 3.8) is 0 Å². The molecule has 1 rings (SSSR count). The second-order valence-electron chi connectivity index (χ2n) is 3.81. The van der Waals surface area contributed by atoms with Gasteiger partial charge in [0.1, 0.15) is 11.6 Å². The zero-order valence-corrected chi connectivity index (χ0v) is 11.3. The van der Waals surface area contributed by atoms with Crippen molar-refractivity contribution in [1.82, 2.24) is 5.06 Å². The Morgan fingerprint density at radius 1 is 1.33 bits per heavy atom. The Bertz CT molecular complexity index is 574. The van der Waals surface area contributed by atoms with E-state index >= 15 is 0 Å². The molecule has 1 amide bonds. The van der Waals surface area contributed by atoms with Gasteiger partial charge in [0.05, 0.1) is 26.8 Å². The van der Waals surface area contributed by atoms with Gasteiger partial charge in [0.25, 0.3) is 5.91 Å². The van der Waals surface area contributed by atoms with Crippen LogP contribution in [-0.4, -0.2) is 36.3 Å². The first-order valence-corrected chi connectivity index (χ1v) is 5.67. The number of amides is 1. The van der Waals surface area contributed by atoms with Gasteiger partial charge < -0.3 is 9.84 Å². The van der Waals surface area contributed by atoms with Crippen molar-refractivity contribution in [2.75, 3.05) is 14.2 Å². The summed E-state index contributed by atoms with van der Waals surface area (Å²) in [5.74, 6) is -4.55. The Morgan fingerprint density at radius 3 is 2.52 bits per heavy atom. The number of aliphatic hydroxyl groups excluding tert-OH is 1. The summed E-state index contributed by atoms with van der Waals surface area (Å²) in [4.78, 5) is 27.4. The molecule has 0 spiro atoms. The molecule has 0 aliphatic rings. The molecule has 114 valence electrons. The fraction of sp³-hybridized carbons (Fsp3) is 0.231. The molecule has 0 aliphatic heterocycles. The van der Waals surface area contributed by atoms with Crippen LogP contribution in [0, 0.1) is 11.6 Å². The third kappa shape index (κ3) is 4.53. The van der Waals surface area contributed by atoms with Crippen molar-refractivity contribution < 1.29 is 33.1 Å². The van der Waals surface area contributed by atoms with E-state index in [0.717, 1.165) is 26.4 Å². The molecule has 6 nitrogen and oxygen atoms in total. The molecule has 0 aromatic heterocycles. The lowest BCUT2D eigenvalue weighted by atomic mass is 10.2. The van der Waals surface area contributed by atoms with Crippen molar-refractivity contribution in [3.05, 3.63) is 47.2 Å². The maximum atomic E-state index is 13.5. The Kier molecular flexibility index (Phi) is 5.79. The monoisotopic (exact) mass is 301 g/mol. The van der Waals surface area contributed by atoms with Crippen LogP contribution in [0.5, 0.6) is 0 Å². The number of esters is 1. The first-order valence-electron chi connectivity index (χ1n) is 5.67. The normalized spacial score (nSPS) is 11.1. The minimum Gasteiger partial charge on any atom is -0.502 e. The second kappa shape index (κ2) is 7.34. The Balaban J connectivity index is 2.88. The van der Waals surface area contributed by atoms with E-state index in [0.29, 0.717) is 17.2 Å². The third-order valence-electron chi connectivity index (χ3n) is 2.45. The van der Waals surface area contributed by atoms with Gasteiger partial charge in [-0.15, -0.1) is 0 Å². The third-order valence-corrected chi connectivity index (χ3v) is 2.45. The van der Waals surface area contributed by atoms with Crippen LogP contribution in [0.15, 0.2) is 30.0 Å². The van der Waals surface area contributed by atoms with E-state index in [9.17, 15) is 23.5 Å². The first kappa shape index (κ1) is 16.6. The molecule has 1 aromatic rings. The van der Waals surface area contributed by atoms with Gasteiger partial charge in [0.2, 0.25) is 5.76 Å². The molecular weight excluding hydrogens is 288 g/mol. The fourth-order valence-electron chi connectivity index (χ4n) is 1.39. The van der Waals surface area contributed by atoms with Gasteiger partial charge in [0.15, 0.2) is 0 Å². The Hall–Kier alpha value is -2.48. The van der Waals surface area contributed by atoms with E-state index in [2.05, 4.69) is 4.74 Å². The number of benzene rings is 1.